The van der Waals surface area contributed by atoms with Crippen LogP contribution in [0.15, 0.2) is 29.8 Å². The summed E-state index contributed by atoms with van der Waals surface area (Å²) in [5.41, 5.74) is 9.79. The van der Waals surface area contributed by atoms with Gasteiger partial charge in [0.05, 0.1) is 0 Å². The second kappa shape index (κ2) is 5.31. The van der Waals surface area contributed by atoms with E-state index in [1.165, 1.54) is 5.57 Å². The van der Waals surface area contributed by atoms with E-state index in [-0.39, 0.29) is 11.3 Å². The molecule has 0 saturated heterocycles. The lowest BCUT2D eigenvalue weighted by Gasteiger charge is -2.32. The van der Waals surface area contributed by atoms with Crippen molar-refractivity contribution in [1.82, 2.24) is 4.90 Å². The van der Waals surface area contributed by atoms with Gasteiger partial charge in [-0.2, -0.15) is 0 Å². The van der Waals surface area contributed by atoms with Gasteiger partial charge in [0.15, 0.2) is 0 Å². The summed E-state index contributed by atoms with van der Waals surface area (Å²) in [6, 6.07) is 5.53. The molecule has 0 radical (unpaired) electrons. The summed E-state index contributed by atoms with van der Waals surface area (Å²) in [5.74, 6) is 0.0824. The van der Waals surface area contributed by atoms with Crippen LogP contribution in [0.25, 0.3) is 0 Å². The molecular formula is C17H24N2O. The monoisotopic (exact) mass is 272 g/mol. The average Bonchev–Trinajstić information content (AvgIpc) is 2.40. The Balaban J connectivity index is 2.17. The maximum absolute atomic E-state index is 12.6. The van der Waals surface area contributed by atoms with Gasteiger partial charge in [-0.1, -0.05) is 38.5 Å². The third kappa shape index (κ3) is 2.87. The Kier molecular flexibility index (Phi) is 3.89. The fourth-order valence-corrected chi connectivity index (χ4v) is 2.59. The Morgan fingerprint density at radius 3 is 2.55 bits per heavy atom. The van der Waals surface area contributed by atoms with Crippen molar-refractivity contribution < 1.29 is 4.79 Å². The molecule has 1 amide bonds. The Bertz CT molecular complexity index is 553. The SMILES string of the molecule is Cc1c(N)cccc1C(=O)N1CC=C(C(C)(C)C)CC1. The molecule has 2 rings (SSSR count). The van der Waals surface area contributed by atoms with E-state index in [1.54, 1.807) is 0 Å². The first-order valence-corrected chi connectivity index (χ1v) is 7.14. The molecule has 0 saturated carbocycles. The smallest absolute Gasteiger partial charge is 0.254 e. The lowest BCUT2D eigenvalue weighted by molar-refractivity contribution is 0.0764. The van der Waals surface area contributed by atoms with Crippen LogP contribution >= 0.6 is 0 Å². The van der Waals surface area contributed by atoms with Crippen LogP contribution < -0.4 is 5.73 Å². The van der Waals surface area contributed by atoms with E-state index in [0.29, 0.717) is 12.2 Å². The van der Waals surface area contributed by atoms with Crippen molar-refractivity contribution in [3.63, 3.8) is 0 Å². The molecule has 108 valence electrons. The second-order valence-corrected chi connectivity index (χ2v) is 6.50. The van der Waals surface area contributed by atoms with Gasteiger partial charge in [0.25, 0.3) is 5.91 Å². The van der Waals surface area contributed by atoms with E-state index in [4.69, 9.17) is 5.73 Å². The second-order valence-electron chi connectivity index (χ2n) is 6.50. The van der Waals surface area contributed by atoms with Crippen LogP contribution in [-0.4, -0.2) is 23.9 Å². The summed E-state index contributed by atoms with van der Waals surface area (Å²) >= 11 is 0. The van der Waals surface area contributed by atoms with Crippen molar-refractivity contribution >= 4 is 11.6 Å². The van der Waals surface area contributed by atoms with Crippen molar-refractivity contribution in [2.75, 3.05) is 18.8 Å². The van der Waals surface area contributed by atoms with Crippen LogP contribution in [0, 0.1) is 12.3 Å². The lowest BCUT2D eigenvalue weighted by atomic mass is 9.83. The highest BCUT2D eigenvalue weighted by Gasteiger charge is 2.24. The highest BCUT2D eigenvalue weighted by atomic mass is 16.2. The molecule has 3 heteroatoms. The van der Waals surface area contributed by atoms with Crippen LogP contribution in [0.5, 0.6) is 0 Å². The Morgan fingerprint density at radius 1 is 1.30 bits per heavy atom. The number of carbonyl (C=O) groups is 1. The molecule has 0 fully saturated rings. The van der Waals surface area contributed by atoms with Gasteiger partial charge in [-0.25, -0.2) is 0 Å². The van der Waals surface area contributed by atoms with Crippen LogP contribution in [0.4, 0.5) is 5.69 Å². The third-order valence-corrected chi connectivity index (χ3v) is 4.07. The summed E-state index contributed by atoms with van der Waals surface area (Å²) < 4.78 is 0. The van der Waals surface area contributed by atoms with Gasteiger partial charge < -0.3 is 10.6 Å². The van der Waals surface area contributed by atoms with Gasteiger partial charge in [-0.05, 0) is 36.5 Å². The largest absolute Gasteiger partial charge is 0.398 e. The fraction of sp³-hybridized carbons (Fsp3) is 0.471. The minimum Gasteiger partial charge on any atom is -0.398 e. The van der Waals surface area contributed by atoms with Gasteiger partial charge >= 0.3 is 0 Å². The topological polar surface area (TPSA) is 46.3 Å². The van der Waals surface area contributed by atoms with Crippen LogP contribution in [-0.2, 0) is 0 Å². The first kappa shape index (κ1) is 14.6. The van der Waals surface area contributed by atoms with Gasteiger partial charge in [0.2, 0.25) is 0 Å². The van der Waals surface area contributed by atoms with Gasteiger partial charge in [-0.3, -0.25) is 4.79 Å². The number of benzene rings is 1. The molecule has 20 heavy (non-hydrogen) atoms. The summed E-state index contributed by atoms with van der Waals surface area (Å²) in [7, 11) is 0. The number of rotatable bonds is 1. The number of hydrogen-bond donors (Lipinski definition) is 1. The number of carbonyl (C=O) groups excluding carboxylic acids is 1. The Morgan fingerprint density at radius 2 is 2.00 bits per heavy atom. The Labute approximate surface area is 121 Å². The number of nitrogen functional groups attached to an aromatic ring is 1. The normalized spacial score (nSPS) is 16.0. The van der Waals surface area contributed by atoms with Gasteiger partial charge in [-0.15, -0.1) is 0 Å². The van der Waals surface area contributed by atoms with E-state index in [0.717, 1.165) is 24.1 Å². The maximum Gasteiger partial charge on any atom is 0.254 e. The maximum atomic E-state index is 12.6. The van der Waals surface area contributed by atoms with Crippen molar-refractivity contribution in [3.8, 4) is 0 Å². The van der Waals surface area contributed by atoms with Crippen molar-refractivity contribution in [1.29, 1.82) is 0 Å². The van der Waals surface area contributed by atoms with Crippen molar-refractivity contribution in [2.24, 2.45) is 5.41 Å². The predicted molar refractivity (Wildman–Crippen MR) is 83.6 cm³/mol. The highest BCUT2D eigenvalue weighted by Crippen LogP contribution is 2.30. The molecule has 0 atom stereocenters. The summed E-state index contributed by atoms with van der Waals surface area (Å²) in [4.78, 5) is 14.5. The number of nitrogens with two attached hydrogens (primary N) is 1. The van der Waals surface area contributed by atoms with Crippen LogP contribution in [0.1, 0.15) is 43.1 Å². The third-order valence-electron chi connectivity index (χ3n) is 4.07. The fourth-order valence-electron chi connectivity index (χ4n) is 2.59. The zero-order chi connectivity index (χ0) is 14.9. The zero-order valence-corrected chi connectivity index (χ0v) is 12.9. The number of amides is 1. The highest BCUT2D eigenvalue weighted by molar-refractivity contribution is 5.97. The van der Waals surface area contributed by atoms with E-state index in [9.17, 15) is 4.79 Å². The van der Waals surface area contributed by atoms with Gasteiger partial charge in [0, 0.05) is 24.3 Å². The summed E-state index contributed by atoms with van der Waals surface area (Å²) in [5, 5.41) is 0. The van der Waals surface area contributed by atoms with E-state index in [2.05, 4.69) is 26.8 Å². The number of hydrogen-bond acceptors (Lipinski definition) is 2. The Hall–Kier alpha value is -1.77. The molecule has 0 aliphatic carbocycles. The first-order chi connectivity index (χ1) is 9.30. The first-order valence-electron chi connectivity index (χ1n) is 7.14. The molecule has 0 unspecified atom stereocenters. The molecule has 2 N–H and O–H groups in total. The number of nitrogens with zero attached hydrogens (tertiary/aromatic N) is 1. The van der Waals surface area contributed by atoms with Gasteiger partial charge in [0.1, 0.15) is 0 Å². The number of anilines is 1. The molecule has 1 heterocycles. The summed E-state index contributed by atoms with van der Waals surface area (Å²) in [6.07, 6.45) is 3.15. The average molecular weight is 272 g/mol. The van der Waals surface area contributed by atoms with E-state index < -0.39 is 0 Å². The summed E-state index contributed by atoms with van der Waals surface area (Å²) in [6.45, 7) is 10.0. The lowest BCUT2D eigenvalue weighted by Crippen LogP contribution is -2.36. The minimum atomic E-state index is 0.0824. The molecule has 1 aliphatic heterocycles. The van der Waals surface area contributed by atoms with Crippen LogP contribution in [0.3, 0.4) is 0 Å². The molecule has 1 aromatic rings. The minimum absolute atomic E-state index is 0.0824. The molecule has 0 bridgehead atoms. The zero-order valence-electron chi connectivity index (χ0n) is 12.9. The molecule has 0 spiro atoms. The standard InChI is InChI=1S/C17H24N2O/c1-12-14(6-5-7-15(12)18)16(20)19-10-8-13(9-11-19)17(2,3)4/h5-8H,9-11,18H2,1-4H3. The van der Waals surface area contributed by atoms with Crippen molar-refractivity contribution in [3.05, 3.63) is 41.0 Å². The molecule has 0 aromatic heterocycles. The van der Waals surface area contributed by atoms with E-state index in [1.807, 2.05) is 30.0 Å². The molecular weight excluding hydrogens is 248 g/mol. The van der Waals surface area contributed by atoms with E-state index >= 15 is 0 Å². The van der Waals surface area contributed by atoms with Crippen LogP contribution in [0.2, 0.25) is 0 Å². The molecule has 1 aliphatic rings. The molecule has 3 nitrogen and oxygen atoms in total. The van der Waals surface area contributed by atoms with Crippen molar-refractivity contribution in [2.45, 2.75) is 34.1 Å². The quantitative estimate of drug-likeness (QED) is 0.629. The molecule has 1 aromatic carbocycles. The predicted octanol–water partition coefficient (Wildman–Crippen LogP) is 3.40.